The van der Waals surface area contributed by atoms with Gasteiger partial charge in [-0.05, 0) is 85.5 Å². The van der Waals surface area contributed by atoms with Gasteiger partial charge in [-0.3, -0.25) is 0 Å². The molecule has 3 saturated carbocycles. The molecule has 26 heavy (non-hydrogen) atoms. The molecule has 0 spiro atoms. The molecule has 0 aromatic carbocycles. The van der Waals surface area contributed by atoms with Crippen molar-refractivity contribution in [2.24, 2.45) is 35.0 Å². The first-order chi connectivity index (χ1) is 12.3. The van der Waals surface area contributed by atoms with Crippen LogP contribution in [0.1, 0.15) is 58.3 Å². The summed E-state index contributed by atoms with van der Waals surface area (Å²) in [6.07, 6.45) is 6.18. The zero-order valence-electron chi connectivity index (χ0n) is 15.8. The van der Waals surface area contributed by atoms with Crippen LogP contribution in [-0.4, -0.2) is 28.8 Å². The molecule has 2 nitrogen and oxygen atoms in total. The average molecular weight is 366 g/mol. The molecule has 4 aliphatic carbocycles. The summed E-state index contributed by atoms with van der Waals surface area (Å²) in [6, 6.07) is 0. The minimum atomic E-state index is -2.66. The lowest BCUT2D eigenvalue weighted by Crippen LogP contribution is -2.49. The maximum absolute atomic E-state index is 13.3. The Bertz CT molecular complexity index is 615. The molecule has 7 atom stereocenters. The van der Waals surface area contributed by atoms with Crippen LogP contribution in [0.15, 0.2) is 23.8 Å². The van der Waals surface area contributed by atoms with Crippen molar-refractivity contribution in [3.63, 3.8) is 0 Å². The highest BCUT2D eigenvalue weighted by molar-refractivity contribution is 5.23. The van der Waals surface area contributed by atoms with Crippen LogP contribution in [-0.2, 0) is 0 Å². The molecule has 0 aromatic heterocycles. The largest absolute Gasteiger partial charge is 0.392 e. The number of hydrogen-bond donors (Lipinski definition) is 2. The van der Waals surface area contributed by atoms with Crippen LogP contribution in [0.5, 0.6) is 0 Å². The van der Waals surface area contributed by atoms with Crippen molar-refractivity contribution in [2.75, 3.05) is 6.61 Å². The molecular weight excluding hydrogens is 334 g/mol. The predicted molar refractivity (Wildman–Crippen MR) is 97.8 cm³/mol. The fraction of sp³-hybridized carbons (Fsp3) is 0.818. The van der Waals surface area contributed by atoms with E-state index in [1.807, 2.05) is 0 Å². The Morgan fingerprint density at radius 1 is 1.23 bits per heavy atom. The molecule has 3 fully saturated rings. The monoisotopic (exact) mass is 366 g/mol. The van der Waals surface area contributed by atoms with E-state index in [-0.39, 0.29) is 24.9 Å². The number of fused-ring (bicyclic) bond motifs is 5. The fourth-order valence-electron chi connectivity index (χ4n) is 7.29. The second-order valence-corrected chi connectivity index (χ2v) is 9.67. The van der Waals surface area contributed by atoms with Crippen LogP contribution in [0.2, 0.25) is 0 Å². The third-order valence-electron chi connectivity index (χ3n) is 8.64. The van der Waals surface area contributed by atoms with Crippen LogP contribution in [0.3, 0.4) is 0 Å². The highest BCUT2D eigenvalue weighted by Gasteiger charge is 2.57. The van der Waals surface area contributed by atoms with Gasteiger partial charge in [0.05, 0.1) is 6.61 Å². The zero-order chi connectivity index (χ0) is 18.7. The molecule has 2 N–H and O–H groups in total. The Morgan fingerprint density at radius 2 is 2.00 bits per heavy atom. The fourth-order valence-corrected chi connectivity index (χ4v) is 7.29. The van der Waals surface area contributed by atoms with E-state index in [0.717, 1.165) is 36.8 Å². The molecule has 0 radical (unpaired) electrons. The first-order valence-electron chi connectivity index (χ1n) is 10.3. The van der Waals surface area contributed by atoms with Gasteiger partial charge in [0.25, 0.3) is 6.43 Å². The second kappa shape index (κ2) is 6.41. The van der Waals surface area contributed by atoms with Crippen molar-refractivity contribution in [3.8, 4) is 0 Å². The van der Waals surface area contributed by atoms with Gasteiger partial charge in [0, 0.05) is 6.42 Å². The van der Waals surface area contributed by atoms with Crippen LogP contribution in [0.4, 0.5) is 8.78 Å². The summed E-state index contributed by atoms with van der Waals surface area (Å²) in [5.41, 5.74) is 0.499. The maximum Gasteiger partial charge on any atom is 0.267 e. The molecule has 146 valence electrons. The molecule has 0 saturated heterocycles. The SMILES string of the molecule is C=C(CO)[C@H]1CC[C@H]2[C@@H]3CC=C4C[C@](O)(C(F)F)CC[C@@H]4[C@H]3CC[C@]12C. The smallest absolute Gasteiger partial charge is 0.267 e. The van der Waals surface area contributed by atoms with E-state index in [9.17, 15) is 19.0 Å². The first kappa shape index (κ1) is 18.6. The zero-order valence-corrected chi connectivity index (χ0v) is 15.8. The summed E-state index contributed by atoms with van der Waals surface area (Å²) < 4.78 is 26.5. The molecule has 0 aliphatic heterocycles. The van der Waals surface area contributed by atoms with Gasteiger partial charge in [-0.1, -0.05) is 25.2 Å². The molecule has 4 aliphatic rings. The Kier molecular flexibility index (Phi) is 4.59. The third kappa shape index (κ3) is 2.63. The highest BCUT2D eigenvalue weighted by atomic mass is 19.3. The average Bonchev–Trinajstić information content (AvgIpc) is 2.97. The van der Waals surface area contributed by atoms with Gasteiger partial charge in [-0.25, -0.2) is 8.78 Å². The van der Waals surface area contributed by atoms with E-state index in [1.54, 1.807) is 0 Å². The summed E-state index contributed by atoms with van der Waals surface area (Å²) in [6.45, 7) is 6.61. The molecule has 4 heteroatoms. The standard InChI is InChI=1S/C22H32F2O2/c1-13(12-25)18-5-6-19-17-4-3-14-11-22(26,20(23)24)10-8-15(14)16(17)7-9-21(18,19)2/h3,15-20,25-26H,1,4-12H2,2H3/t15-,16+,17+,18+,19-,21+,22-/m0/s1. The summed E-state index contributed by atoms with van der Waals surface area (Å²) in [5.74, 6) is 2.65. The molecule has 4 rings (SSSR count). The number of allylic oxidation sites excluding steroid dienone is 1. The van der Waals surface area contributed by atoms with Crippen molar-refractivity contribution in [2.45, 2.75) is 70.3 Å². The number of aliphatic hydroxyl groups excluding tert-OH is 1. The summed E-state index contributed by atoms with van der Waals surface area (Å²) in [5, 5.41) is 19.9. The van der Waals surface area contributed by atoms with E-state index in [4.69, 9.17) is 0 Å². The van der Waals surface area contributed by atoms with Gasteiger partial charge in [0.15, 0.2) is 0 Å². The van der Waals surface area contributed by atoms with E-state index in [0.29, 0.717) is 36.0 Å². The van der Waals surface area contributed by atoms with Gasteiger partial charge in [0.1, 0.15) is 5.60 Å². The van der Waals surface area contributed by atoms with Crippen LogP contribution in [0, 0.1) is 35.0 Å². The predicted octanol–water partition coefficient (Wildman–Crippen LogP) is 4.72. The number of rotatable bonds is 3. The van der Waals surface area contributed by atoms with Crippen LogP contribution >= 0.6 is 0 Å². The van der Waals surface area contributed by atoms with Crippen molar-refractivity contribution < 1.29 is 19.0 Å². The second-order valence-electron chi connectivity index (χ2n) is 9.67. The minimum Gasteiger partial charge on any atom is -0.392 e. The van der Waals surface area contributed by atoms with Crippen LogP contribution in [0.25, 0.3) is 0 Å². The molecule has 0 unspecified atom stereocenters. The van der Waals surface area contributed by atoms with E-state index < -0.39 is 12.0 Å². The number of halogens is 2. The van der Waals surface area contributed by atoms with Crippen molar-refractivity contribution in [3.05, 3.63) is 23.8 Å². The minimum absolute atomic E-state index is 0.0833. The lowest BCUT2D eigenvalue weighted by atomic mass is 9.51. The van der Waals surface area contributed by atoms with Gasteiger partial charge < -0.3 is 10.2 Å². The quantitative estimate of drug-likeness (QED) is 0.710. The highest BCUT2D eigenvalue weighted by Crippen LogP contribution is 2.64. The Labute approximate surface area is 155 Å². The molecule has 0 aromatic rings. The normalized spacial score (nSPS) is 47.8. The van der Waals surface area contributed by atoms with Crippen LogP contribution < -0.4 is 0 Å². The topological polar surface area (TPSA) is 40.5 Å². The molecule has 0 bridgehead atoms. The molecule has 0 amide bonds. The van der Waals surface area contributed by atoms with Crippen molar-refractivity contribution in [1.29, 1.82) is 0 Å². The van der Waals surface area contributed by atoms with Gasteiger partial charge in [0.2, 0.25) is 0 Å². The lowest BCUT2D eigenvalue weighted by Gasteiger charge is -2.54. The Morgan fingerprint density at radius 3 is 2.69 bits per heavy atom. The number of alkyl halides is 2. The molecule has 0 heterocycles. The van der Waals surface area contributed by atoms with Gasteiger partial charge in [-0.15, -0.1) is 0 Å². The van der Waals surface area contributed by atoms with Gasteiger partial charge >= 0.3 is 0 Å². The maximum atomic E-state index is 13.3. The Balaban J connectivity index is 1.57. The summed E-state index contributed by atoms with van der Waals surface area (Å²) in [7, 11) is 0. The number of aliphatic hydroxyl groups is 2. The molecular formula is C22H32F2O2. The first-order valence-corrected chi connectivity index (χ1v) is 10.3. The van der Waals surface area contributed by atoms with E-state index >= 15 is 0 Å². The van der Waals surface area contributed by atoms with Crippen molar-refractivity contribution >= 4 is 0 Å². The lowest BCUT2D eigenvalue weighted by molar-refractivity contribution is -0.119. The summed E-state index contributed by atoms with van der Waals surface area (Å²) in [4.78, 5) is 0. The third-order valence-corrected chi connectivity index (χ3v) is 8.64. The van der Waals surface area contributed by atoms with Gasteiger partial charge in [-0.2, -0.15) is 0 Å². The van der Waals surface area contributed by atoms with E-state index in [1.165, 1.54) is 6.42 Å². The van der Waals surface area contributed by atoms with Crippen molar-refractivity contribution in [1.82, 2.24) is 0 Å². The number of hydrogen-bond acceptors (Lipinski definition) is 2. The Hall–Kier alpha value is -0.740. The van der Waals surface area contributed by atoms with E-state index in [2.05, 4.69) is 19.6 Å². The summed E-state index contributed by atoms with van der Waals surface area (Å²) >= 11 is 0.